The number of carbonyl (C=O) groups excluding carboxylic acids is 1. The molecule has 0 radical (unpaired) electrons. The number of rotatable bonds is 8. The molecule has 1 heterocycles. The van der Waals surface area contributed by atoms with Crippen molar-refractivity contribution in [1.82, 2.24) is 9.97 Å². The molecular weight excluding hydrogens is 360 g/mol. The maximum Gasteiger partial charge on any atom is 0.319 e. The highest BCUT2D eigenvalue weighted by Crippen LogP contribution is 2.26. The van der Waals surface area contributed by atoms with Crippen molar-refractivity contribution >= 4 is 27.3 Å². The smallest absolute Gasteiger partial charge is 0.319 e. The average Bonchev–Trinajstić information content (AvgIpc) is 2.57. The third-order valence-electron chi connectivity index (χ3n) is 3.02. The van der Waals surface area contributed by atoms with Crippen LogP contribution in [0, 0.1) is 0 Å². The molecule has 0 saturated carbocycles. The number of carbonyl (C=O) groups is 1. The molecule has 0 aliphatic heterocycles. The van der Waals surface area contributed by atoms with Crippen LogP contribution in [0.25, 0.3) is 0 Å². The Morgan fingerprint density at radius 2 is 1.77 bits per heavy atom. The Bertz CT molecular complexity index is 869. The molecule has 2 aromatic rings. The second-order valence-corrected chi connectivity index (χ2v) is 6.73. The summed E-state index contributed by atoms with van der Waals surface area (Å²) < 4.78 is 38.1. The van der Waals surface area contributed by atoms with Gasteiger partial charge in [-0.1, -0.05) is 0 Å². The van der Waals surface area contributed by atoms with E-state index >= 15 is 0 Å². The normalized spacial score (nSPS) is 10.9. The van der Waals surface area contributed by atoms with Crippen LogP contribution < -0.4 is 19.5 Å². The van der Waals surface area contributed by atoms with Crippen LogP contribution in [0.5, 0.6) is 11.9 Å². The van der Waals surface area contributed by atoms with E-state index in [0.29, 0.717) is 18.9 Å². The minimum Gasteiger partial charge on any atom is -0.476 e. The first-order valence-electron chi connectivity index (χ1n) is 7.88. The number of ether oxygens (including phenoxy) is 2. The van der Waals surface area contributed by atoms with Gasteiger partial charge in [-0.2, -0.15) is 4.98 Å². The van der Waals surface area contributed by atoms with Crippen LogP contribution in [0.4, 0.5) is 11.4 Å². The van der Waals surface area contributed by atoms with Gasteiger partial charge in [0.05, 0.1) is 24.3 Å². The van der Waals surface area contributed by atoms with Gasteiger partial charge in [-0.25, -0.2) is 13.4 Å². The van der Waals surface area contributed by atoms with Crippen LogP contribution in [-0.4, -0.2) is 37.5 Å². The van der Waals surface area contributed by atoms with Gasteiger partial charge in [0.15, 0.2) is 0 Å². The Hall–Kier alpha value is -2.88. The quantitative estimate of drug-likeness (QED) is 0.719. The first-order valence-corrected chi connectivity index (χ1v) is 9.37. The predicted octanol–water partition coefficient (Wildman–Crippen LogP) is 2.03. The van der Waals surface area contributed by atoms with Crippen LogP contribution >= 0.6 is 0 Å². The molecule has 26 heavy (non-hydrogen) atoms. The molecule has 0 unspecified atom stereocenters. The molecule has 1 amide bonds. The summed E-state index contributed by atoms with van der Waals surface area (Å²) in [6.07, 6.45) is 1.28. The van der Waals surface area contributed by atoms with Crippen LogP contribution in [0.1, 0.15) is 20.8 Å². The fourth-order valence-corrected chi connectivity index (χ4v) is 3.03. The number of hydrogen-bond acceptors (Lipinski definition) is 7. The Morgan fingerprint density at radius 1 is 1.12 bits per heavy atom. The zero-order valence-corrected chi connectivity index (χ0v) is 15.5. The first kappa shape index (κ1) is 19.4. The number of aromatic nitrogens is 2. The predicted molar refractivity (Wildman–Crippen MR) is 95.9 cm³/mol. The molecule has 0 atom stereocenters. The van der Waals surface area contributed by atoms with Crippen molar-refractivity contribution in [3.05, 3.63) is 30.5 Å². The molecule has 0 saturated heterocycles. The van der Waals surface area contributed by atoms with E-state index in [4.69, 9.17) is 9.47 Å². The molecule has 9 nitrogen and oxygen atoms in total. The van der Waals surface area contributed by atoms with Crippen molar-refractivity contribution in [1.29, 1.82) is 0 Å². The summed E-state index contributed by atoms with van der Waals surface area (Å²) in [5.74, 6) is -0.170. The van der Waals surface area contributed by atoms with Crippen molar-refractivity contribution in [3.63, 3.8) is 0 Å². The van der Waals surface area contributed by atoms with Crippen molar-refractivity contribution in [2.45, 2.75) is 25.7 Å². The van der Waals surface area contributed by atoms with Crippen molar-refractivity contribution in [2.24, 2.45) is 0 Å². The number of amides is 1. The van der Waals surface area contributed by atoms with Crippen molar-refractivity contribution in [2.75, 3.05) is 23.3 Å². The van der Waals surface area contributed by atoms with Crippen LogP contribution in [-0.2, 0) is 14.8 Å². The lowest BCUT2D eigenvalue weighted by molar-refractivity contribution is -0.114. The van der Waals surface area contributed by atoms with E-state index in [9.17, 15) is 13.2 Å². The average molecular weight is 380 g/mol. The van der Waals surface area contributed by atoms with E-state index < -0.39 is 10.0 Å². The molecule has 0 aliphatic carbocycles. The molecule has 2 N–H and O–H groups in total. The maximum atomic E-state index is 12.6. The van der Waals surface area contributed by atoms with Crippen LogP contribution in [0.3, 0.4) is 0 Å². The lowest BCUT2D eigenvalue weighted by atomic mass is 10.3. The van der Waals surface area contributed by atoms with Gasteiger partial charge >= 0.3 is 6.01 Å². The standard InChI is InChI=1S/C16H20N4O5S/c1-4-24-15-14(10-17-16(19-15)25-5-2)20-26(22,23)13-8-6-12(7-9-13)18-11(3)21/h6-10,20H,4-5H2,1-3H3,(H,18,21). The van der Waals surface area contributed by atoms with Gasteiger partial charge in [0.25, 0.3) is 10.0 Å². The van der Waals surface area contributed by atoms with Gasteiger partial charge < -0.3 is 14.8 Å². The molecule has 0 fully saturated rings. The Morgan fingerprint density at radius 3 is 2.35 bits per heavy atom. The molecule has 10 heteroatoms. The van der Waals surface area contributed by atoms with Gasteiger partial charge in [-0.05, 0) is 38.1 Å². The minimum absolute atomic E-state index is 0.0166. The zero-order valence-electron chi connectivity index (χ0n) is 14.6. The molecule has 1 aromatic carbocycles. The van der Waals surface area contributed by atoms with Gasteiger partial charge in [0, 0.05) is 12.6 Å². The van der Waals surface area contributed by atoms with E-state index in [1.807, 2.05) is 0 Å². The van der Waals surface area contributed by atoms with Crippen LogP contribution in [0.15, 0.2) is 35.4 Å². The lowest BCUT2D eigenvalue weighted by Crippen LogP contribution is -2.15. The summed E-state index contributed by atoms with van der Waals surface area (Å²) in [6.45, 7) is 5.57. The van der Waals surface area contributed by atoms with Gasteiger partial charge in [-0.3, -0.25) is 9.52 Å². The monoisotopic (exact) mass is 380 g/mol. The third-order valence-corrected chi connectivity index (χ3v) is 4.40. The third kappa shape index (κ3) is 5.06. The maximum absolute atomic E-state index is 12.6. The summed E-state index contributed by atoms with van der Waals surface area (Å²) in [5.41, 5.74) is 0.595. The number of sulfonamides is 1. The summed E-state index contributed by atoms with van der Waals surface area (Å²) >= 11 is 0. The molecule has 0 aliphatic rings. The summed E-state index contributed by atoms with van der Waals surface area (Å²) in [4.78, 5) is 19.0. The zero-order chi connectivity index (χ0) is 19.2. The fourth-order valence-electron chi connectivity index (χ4n) is 1.99. The Balaban J connectivity index is 2.26. The second-order valence-electron chi connectivity index (χ2n) is 5.05. The van der Waals surface area contributed by atoms with E-state index in [-0.39, 0.29) is 28.4 Å². The SMILES string of the molecule is CCOc1ncc(NS(=O)(=O)c2ccc(NC(C)=O)cc2)c(OCC)n1. The number of hydrogen-bond donors (Lipinski definition) is 2. The number of nitrogens with one attached hydrogen (secondary N) is 2. The van der Waals surface area contributed by atoms with Gasteiger partial charge in [-0.15, -0.1) is 0 Å². The largest absolute Gasteiger partial charge is 0.476 e. The molecule has 0 spiro atoms. The minimum atomic E-state index is -3.89. The van der Waals surface area contributed by atoms with E-state index in [2.05, 4.69) is 20.0 Å². The fraction of sp³-hybridized carbons (Fsp3) is 0.312. The Labute approximate surface area is 151 Å². The van der Waals surface area contributed by atoms with Crippen LogP contribution in [0.2, 0.25) is 0 Å². The number of anilines is 2. The molecule has 0 bridgehead atoms. The van der Waals surface area contributed by atoms with Gasteiger partial charge in [0.2, 0.25) is 11.8 Å². The number of nitrogens with zero attached hydrogens (tertiary/aromatic N) is 2. The molecule has 140 valence electrons. The topological polar surface area (TPSA) is 120 Å². The summed E-state index contributed by atoms with van der Waals surface area (Å²) in [6, 6.07) is 5.84. The Kier molecular flexibility index (Phi) is 6.34. The first-order chi connectivity index (χ1) is 12.4. The highest BCUT2D eigenvalue weighted by molar-refractivity contribution is 7.92. The van der Waals surface area contributed by atoms with E-state index in [1.165, 1.54) is 37.4 Å². The highest BCUT2D eigenvalue weighted by atomic mass is 32.2. The summed E-state index contributed by atoms with van der Waals surface area (Å²) in [7, 11) is -3.89. The van der Waals surface area contributed by atoms with Crippen molar-refractivity contribution < 1.29 is 22.7 Å². The van der Waals surface area contributed by atoms with Crippen molar-refractivity contribution in [3.8, 4) is 11.9 Å². The second kappa shape index (κ2) is 8.48. The molecule has 1 aromatic heterocycles. The summed E-state index contributed by atoms with van der Waals surface area (Å²) in [5, 5.41) is 2.57. The van der Waals surface area contributed by atoms with Gasteiger partial charge in [0.1, 0.15) is 5.69 Å². The molecule has 2 rings (SSSR count). The molecular formula is C16H20N4O5S. The highest BCUT2D eigenvalue weighted by Gasteiger charge is 2.19. The lowest BCUT2D eigenvalue weighted by Gasteiger charge is -2.13. The van der Waals surface area contributed by atoms with E-state index in [0.717, 1.165) is 0 Å². The van der Waals surface area contributed by atoms with E-state index in [1.54, 1.807) is 13.8 Å². The number of benzene rings is 1.